The number of imidazole rings is 1. The Hall–Kier alpha value is -3.45. The Labute approximate surface area is 185 Å². The molecule has 6 nitrogen and oxygen atoms in total. The molecule has 0 bridgehead atoms. The number of thioether (sulfide) groups is 1. The number of fused-ring (bicyclic) bond motifs is 1. The molecule has 0 aliphatic rings. The summed E-state index contributed by atoms with van der Waals surface area (Å²) in [5.41, 5.74) is 6.36. The smallest absolute Gasteiger partial charge is 0.234 e. The van der Waals surface area contributed by atoms with Crippen LogP contribution < -0.4 is 0 Å². The lowest BCUT2D eigenvalue weighted by Gasteiger charge is -2.10. The Bertz CT molecular complexity index is 1350. The average Bonchev–Trinajstić information content (AvgIpc) is 3.37. The van der Waals surface area contributed by atoms with E-state index in [2.05, 4.69) is 82.3 Å². The van der Waals surface area contributed by atoms with Gasteiger partial charge >= 0.3 is 0 Å². The number of nitrogens with zero attached hydrogens (tertiary/aromatic N) is 6. The van der Waals surface area contributed by atoms with Crippen molar-refractivity contribution < 1.29 is 0 Å². The molecule has 0 saturated carbocycles. The molecule has 3 heterocycles. The number of benzene rings is 2. The summed E-state index contributed by atoms with van der Waals surface area (Å²) in [7, 11) is 0. The van der Waals surface area contributed by atoms with Gasteiger partial charge in [-0.1, -0.05) is 59.8 Å². The van der Waals surface area contributed by atoms with Gasteiger partial charge in [-0.05, 0) is 39.0 Å². The van der Waals surface area contributed by atoms with Crippen molar-refractivity contribution in [1.29, 1.82) is 0 Å². The first kappa shape index (κ1) is 19.5. The fourth-order valence-electron chi connectivity index (χ4n) is 3.59. The Balaban J connectivity index is 1.51. The van der Waals surface area contributed by atoms with Crippen LogP contribution in [0.4, 0.5) is 0 Å². The number of hydrogen-bond donors (Lipinski definition) is 0. The third kappa shape index (κ3) is 3.84. The number of aryl methyl sites for hydroxylation is 3. The van der Waals surface area contributed by atoms with Crippen molar-refractivity contribution in [2.24, 2.45) is 0 Å². The van der Waals surface area contributed by atoms with Crippen molar-refractivity contribution in [2.45, 2.75) is 31.7 Å². The van der Waals surface area contributed by atoms with Gasteiger partial charge in [0.1, 0.15) is 0 Å². The Morgan fingerprint density at radius 2 is 1.65 bits per heavy atom. The van der Waals surface area contributed by atoms with E-state index in [9.17, 15) is 0 Å². The van der Waals surface area contributed by atoms with Crippen molar-refractivity contribution in [3.05, 3.63) is 89.5 Å². The van der Waals surface area contributed by atoms with Gasteiger partial charge in [-0.2, -0.15) is 0 Å². The third-order valence-electron chi connectivity index (χ3n) is 5.12. The second-order valence-electron chi connectivity index (χ2n) is 7.57. The summed E-state index contributed by atoms with van der Waals surface area (Å²) in [6, 6.07) is 20.7. The number of rotatable bonds is 5. The SMILES string of the molecule is Cc1ccc(-n2c(SCc3cn4c(C)cc(C)nc4n3)nnc2-c2ccccc2)cc1. The van der Waals surface area contributed by atoms with Crippen LogP contribution in [0.25, 0.3) is 22.9 Å². The zero-order chi connectivity index (χ0) is 21.4. The molecule has 5 aromatic rings. The first-order chi connectivity index (χ1) is 15.1. The molecule has 0 aliphatic heterocycles. The maximum Gasteiger partial charge on any atom is 0.234 e. The number of hydrogen-bond acceptors (Lipinski definition) is 5. The van der Waals surface area contributed by atoms with Crippen molar-refractivity contribution >= 4 is 17.5 Å². The van der Waals surface area contributed by atoms with Gasteiger partial charge in [-0.15, -0.1) is 10.2 Å². The third-order valence-corrected chi connectivity index (χ3v) is 6.08. The van der Waals surface area contributed by atoms with Crippen LogP contribution in [-0.2, 0) is 5.75 Å². The van der Waals surface area contributed by atoms with Crippen LogP contribution in [0.15, 0.2) is 72.0 Å². The number of aromatic nitrogens is 6. The summed E-state index contributed by atoms with van der Waals surface area (Å²) >= 11 is 1.63. The summed E-state index contributed by atoms with van der Waals surface area (Å²) in [6.07, 6.45) is 2.05. The zero-order valence-electron chi connectivity index (χ0n) is 17.6. The van der Waals surface area contributed by atoms with Crippen molar-refractivity contribution in [1.82, 2.24) is 29.1 Å². The van der Waals surface area contributed by atoms with Gasteiger partial charge < -0.3 is 0 Å². The molecule has 0 atom stereocenters. The molecule has 0 saturated heterocycles. The largest absolute Gasteiger partial charge is 0.288 e. The van der Waals surface area contributed by atoms with E-state index in [0.29, 0.717) is 5.75 Å². The molecule has 0 amide bonds. The van der Waals surface area contributed by atoms with Crippen molar-refractivity contribution in [3.63, 3.8) is 0 Å². The second kappa shape index (κ2) is 8.00. The van der Waals surface area contributed by atoms with Gasteiger partial charge in [0.15, 0.2) is 11.0 Å². The van der Waals surface area contributed by atoms with Crippen LogP contribution >= 0.6 is 11.8 Å². The molecular weight excluding hydrogens is 404 g/mol. The average molecular weight is 427 g/mol. The summed E-state index contributed by atoms with van der Waals surface area (Å²) < 4.78 is 4.14. The summed E-state index contributed by atoms with van der Waals surface area (Å²) in [5.74, 6) is 2.24. The van der Waals surface area contributed by atoms with E-state index < -0.39 is 0 Å². The Kier molecular flexibility index (Phi) is 5.03. The standard InChI is InChI=1S/C24H22N6S/c1-16-9-11-21(12-10-16)30-22(19-7-5-4-6-8-19)27-28-24(30)31-15-20-14-29-18(3)13-17(2)25-23(29)26-20/h4-14H,15H2,1-3H3. The van der Waals surface area contributed by atoms with Gasteiger partial charge in [0.25, 0.3) is 0 Å². The molecule has 0 unspecified atom stereocenters. The summed E-state index contributed by atoms with van der Waals surface area (Å²) in [4.78, 5) is 9.24. The molecule has 0 spiro atoms. The molecule has 0 fully saturated rings. The van der Waals surface area contributed by atoms with Crippen LogP contribution in [0.1, 0.15) is 22.6 Å². The van der Waals surface area contributed by atoms with E-state index in [0.717, 1.165) is 45.1 Å². The first-order valence-electron chi connectivity index (χ1n) is 10.1. The highest BCUT2D eigenvalue weighted by atomic mass is 32.2. The highest BCUT2D eigenvalue weighted by Crippen LogP contribution is 2.29. The second-order valence-corrected chi connectivity index (χ2v) is 8.52. The molecule has 0 radical (unpaired) electrons. The molecule has 0 aliphatic carbocycles. The van der Waals surface area contributed by atoms with Crippen LogP contribution in [-0.4, -0.2) is 29.1 Å². The highest BCUT2D eigenvalue weighted by molar-refractivity contribution is 7.98. The minimum absolute atomic E-state index is 0.681. The maximum atomic E-state index is 4.70. The quantitative estimate of drug-likeness (QED) is 0.362. The summed E-state index contributed by atoms with van der Waals surface area (Å²) in [6.45, 7) is 6.15. The fraction of sp³-hybridized carbons (Fsp3) is 0.167. The minimum Gasteiger partial charge on any atom is -0.288 e. The van der Waals surface area contributed by atoms with Gasteiger partial charge in [-0.25, -0.2) is 9.97 Å². The maximum absolute atomic E-state index is 4.70. The topological polar surface area (TPSA) is 60.9 Å². The molecule has 154 valence electrons. The van der Waals surface area contributed by atoms with Gasteiger partial charge in [-0.3, -0.25) is 8.97 Å². The van der Waals surface area contributed by atoms with Crippen LogP contribution in [0.3, 0.4) is 0 Å². The van der Waals surface area contributed by atoms with Gasteiger partial charge in [0.2, 0.25) is 5.78 Å². The molecule has 5 rings (SSSR count). The predicted molar refractivity (Wildman–Crippen MR) is 124 cm³/mol. The predicted octanol–water partition coefficient (Wildman–Crippen LogP) is 5.19. The normalized spacial score (nSPS) is 11.3. The molecule has 31 heavy (non-hydrogen) atoms. The lowest BCUT2D eigenvalue weighted by molar-refractivity contribution is 0.885. The van der Waals surface area contributed by atoms with E-state index in [1.807, 2.05) is 29.5 Å². The molecular formula is C24H22N6S. The Morgan fingerprint density at radius 1 is 0.871 bits per heavy atom. The lowest BCUT2D eigenvalue weighted by Crippen LogP contribution is -2.00. The van der Waals surface area contributed by atoms with E-state index in [-0.39, 0.29) is 0 Å². The van der Waals surface area contributed by atoms with E-state index >= 15 is 0 Å². The lowest BCUT2D eigenvalue weighted by atomic mass is 10.2. The van der Waals surface area contributed by atoms with Crippen molar-refractivity contribution in [2.75, 3.05) is 0 Å². The molecule has 3 aromatic heterocycles. The summed E-state index contributed by atoms with van der Waals surface area (Å²) in [5, 5.41) is 9.87. The van der Waals surface area contributed by atoms with Crippen molar-refractivity contribution in [3.8, 4) is 17.1 Å². The molecule has 0 N–H and O–H groups in total. The highest BCUT2D eigenvalue weighted by Gasteiger charge is 2.17. The van der Waals surface area contributed by atoms with Gasteiger partial charge in [0.05, 0.1) is 5.69 Å². The fourth-order valence-corrected chi connectivity index (χ4v) is 4.43. The first-order valence-corrected chi connectivity index (χ1v) is 11.1. The zero-order valence-corrected chi connectivity index (χ0v) is 18.5. The molecule has 7 heteroatoms. The van der Waals surface area contributed by atoms with E-state index in [1.165, 1.54) is 5.56 Å². The molecule has 2 aromatic carbocycles. The minimum atomic E-state index is 0.681. The van der Waals surface area contributed by atoms with Crippen LogP contribution in [0, 0.1) is 20.8 Å². The van der Waals surface area contributed by atoms with Crippen LogP contribution in [0.5, 0.6) is 0 Å². The van der Waals surface area contributed by atoms with E-state index in [4.69, 9.17) is 4.98 Å². The Morgan fingerprint density at radius 3 is 2.42 bits per heavy atom. The van der Waals surface area contributed by atoms with E-state index in [1.54, 1.807) is 11.8 Å². The van der Waals surface area contributed by atoms with Crippen LogP contribution in [0.2, 0.25) is 0 Å². The van der Waals surface area contributed by atoms with Gasteiger partial charge in [0, 0.05) is 34.6 Å². The monoisotopic (exact) mass is 426 g/mol.